The van der Waals surface area contributed by atoms with E-state index in [2.05, 4.69) is 37.4 Å². The van der Waals surface area contributed by atoms with Gasteiger partial charge in [0, 0.05) is 18.3 Å². The smallest absolute Gasteiger partial charge is 0.120 e. The van der Waals surface area contributed by atoms with Crippen LogP contribution in [0, 0.1) is 13.8 Å². The molecule has 0 heterocycles. The highest BCUT2D eigenvalue weighted by molar-refractivity contribution is 5.51. The summed E-state index contributed by atoms with van der Waals surface area (Å²) in [7, 11) is 1.67. The van der Waals surface area contributed by atoms with E-state index in [0.717, 1.165) is 11.4 Å². The zero-order valence-corrected chi connectivity index (χ0v) is 12.3. The highest BCUT2D eigenvalue weighted by atomic mass is 16.5. The fourth-order valence-corrected chi connectivity index (χ4v) is 2.33. The quantitative estimate of drug-likeness (QED) is 0.875. The summed E-state index contributed by atoms with van der Waals surface area (Å²) in [5.41, 5.74) is 10.8. The minimum absolute atomic E-state index is 0.0991. The lowest BCUT2D eigenvalue weighted by Crippen LogP contribution is -2.21. The summed E-state index contributed by atoms with van der Waals surface area (Å²) in [5.74, 6) is 0.840. The number of methoxy groups -OCH3 is 1. The van der Waals surface area contributed by atoms with Gasteiger partial charge in [0.25, 0.3) is 0 Å². The predicted octanol–water partition coefficient (Wildman–Crippen LogP) is 3.42. The first kappa shape index (κ1) is 14.4. The van der Waals surface area contributed by atoms with E-state index < -0.39 is 0 Å². The molecule has 106 valence electrons. The Morgan fingerprint density at radius 2 is 1.90 bits per heavy atom. The molecule has 0 spiro atoms. The highest BCUT2D eigenvalue weighted by Gasteiger charge is 2.13. The molecule has 0 aliphatic rings. The van der Waals surface area contributed by atoms with Gasteiger partial charge in [0.2, 0.25) is 0 Å². The Morgan fingerprint density at radius 3 is 2.60 bits per heavy atom. The molecule has 3 nitrogen and oxygen atoms in total. The summed E-state index contributed by atoms with van der Waals surface area (Å²) < 4.78 is 5.25. The van der Waals surface area contributed by atoms with Crippen LogP contribution in [0.2, 0.25) is 0 Å². The SMILES string of the molecule is COc1cccc(NC(CN)c2cccc(C)c2C)c1. The van der Waals surface area contributed by atoms with E-state index in [1.54, 1.807) is 7.11 Å². The van der Waals surface area contributed by atoms with Gasteiger partial charge in [0.1, 0.15) is 5.75 Å². The van der Waals surface area contributed by atoms with Gasteiger partial charge in [-0.25, -0.2) is 0 Å². The second kappa shape index (κ2) is 6.44. The lowest BCUT2D eigenvalue weighted by Gasteiger charge is -2.21. The van der Waals surface area contributed by atoms with Gasteiger partial charge in [-0.3, -0.25) is 0 Å². The molecule has 3 heteroatoms. The maximum atomic E-state index is 5.95. The van der Waals surface area contributed by atoms with Crippen molar-refractivity contribution in [1.29, 1.82) is 0 Å². The van der Waals surface area contributed by atoms with Crippen molar-refractivity contribution in [2.75, 3.05) is 19.0 Å². The summed E-state index contributed by atoms with van der Waals surface area (Å²) >= 11 is 0. The van der Waals surface area contributed by atoms with Gasteiger partial charge in [0.05, 0.1) is 13.2 Å². The van der Waals surface area contributed by atoms with E-state index in [1.807, 2.05) is 24.3 Å². The van der Waals surface area contributed by atoms with E-state index in [0.29, 0.717) is 6.54 Å². The predicted molar refractivity (Wildman–Crippen MR) is 84.3 cm³/mol. The summed E-state index contributed by atoms with van der Waals surface area (Å²) in [4.78, 5) is 0. The van der Waals surface area contributed by atoms with Gasteiger partial charge in [-0.2, -0.15) is 0 Å². The first-order chi connectivity index (χ1) is 9.65. The number of aryl methyl sites for hydroxylation is 1. The van der Waals surface area contributed by atoms with Crippen LogP contribution < -0.4 is 15.8 Å². The van der Waals surface area contributed by atoms with Crippen LogP contribution in [0.3, 0.4) is 0 Å². The third-order valence-corrected chi connectivity index (χ3v) is 3.67. The number of nitrogens with one attached hydrogen (secondary N) is 1. The van der Waals surface area contributed by atoms with Gasteiger partial charge in [-0.05, 0) is 42.7 Å². The lowest BCUT2D eigenvalue weighted by atomic mass is 9.97. The molecule has 0 aromatic heterocycles. The molecule has 0 aliphatic heterocycles. The number of anilines is 1. The molecular formula is C17H22N2O. The molecule has 2 rings (SSSR count). The molecule has 0 fully saturated rings. The van der Waals surface area contributed by atoms with E-state index in [4.69, 9.17) is 10.5 Å². The molecule has 1 unspecified atom stereocenters. The van der Waals surface area contributed by atoms with Crippen LogP contribution in [0.4, 0.5) is 5.69 Å². The number of ether oxygens (including phenoxy) is 1. The lowest BCUT2D eigenvalue weighted by molar-refractivity contribution is 0.415. The maximum Gasteiger partial charge on any atom is 0.120 e. The molecule has 20 heavy (non-hydrogen) atoms. The van der Waals surface area contributed by atoms with Crippen molar-refractivity contribution < 1.29 is 4.74 Å². The summed E-state index contributed by atoms with van der Waals surface area (Å²) in [6.45, 7) is 4.81. The van der Waals surface area contributed by atoms with Gasteiger partial charge in [-0.15, -0.1) is 0 Å². The van der Waals surface area contributed by atoms with Gasteiger partial charge in [-0.1, -0.05) is 24.3 Å². The summed E-state index contributed by atoms with van der Waals surface area (Å²) in [6, 6.07) is 14.3. The van der Waals surface area contributed by atoms with Crippen LogP contribution in [0.15, 0.2) is 42.5 Å². The molecule has 2 aromatic carbocycles. The third-order valence-electron chi connectivity index (χ3n) is 3.67. The molecule has 0 radical (unpaired) electrons. The Balaban J connectivity index is 2.26. The number of hydrogen-bond acceptors (Lipinski definition) is 3. The van der Waals surface area contributed by atoms with Crippen molar-refractivity contribution in [2.45, 2.75) is 19.9 Å². The molecular weight excluding hydrogens is 248 g/mol. The fraction of sp³-hybridized carbons (Fsp3) is 0.294. The molecule has 1 atom stereocenters. The minimum Gasteiger partial charge on any atom is -0.497 e. The van der Waals surface area contributed by atoms with Crippen molar-refractivity contribution >= 4 is 5.69 Å². The van der Waals surface area contributed by atoms with Crippen LogP contribution in [-0.2, 0) is 0 Å². The third kappa shape index (κ3) is 3.11. The first-order valence-electron chi connectivity index (χ1n) is 6.82. The second-order valence-electron chi connectivity index (χ2n) is 4.95. The fourth-order valence-electron chi connectivity index (χ4n) is 2.33. The standard InChI is InChI=1S/C17H22N2O/c1-12-6-4-9-16(13(12)2)17(11-18)19-14-7-5-8-15(10-14)20-3/h4-10,17,19H,11,18H2,1-3H3. The molecule has 0 bridgehead atoms. The van der Waals surface area contributed by atoms with Crippen LogP contribution >= 0.6 is 0 Å². The van der Waals surface area contributed by atoms with Crippen LogP contribution in [0.5, 0.6) is 5.75 Å². The van der Waals surface area contributed by atoms with E-state index in [9.17, 15) is 0 Å². The van der Waals surface area contributed by atoms with Gasteiger partial charge >= 0.3 is 0 Å². The molecule has 0 saturated heterocycles. The Morgan fingerprint density at radius 1 is 1.15 bits per heavy atom. The largest absolute Gasteiger partial charge is 0.497 e. The number of nitrogens with two attached hydrogens (primary N) is 1. The molecule has 0 aliphatic carbocycles. The van der Waals surface area contributed by atoms with Crippen LogP contribution in [0.1, 0.15) is 22.7 Å². The Hall–Kier alpha value is -2.00. The van der Waals surface area contributed by atoms with Crippen molar-refractivity contribution in [3.05, 3.63) is 59.2 Å². The second-order valence-corrected chi connectivity index (χ2v) is 4.95. The van der Waals surface area contributed by atoms with Gasteiger partial charge < -0.3 is 15.8 Å². The van der Waals surface area contributed by atoms with E-state index in [-0.39, 0.29) is 6.04 Å². The topological polar surface area (TPSA) is 47.3 Å². The number of benzene rings is 2. The van der Waals surface area contributed by atoms with Crippen LogP contribution in [0.25, 0.3) is 0 Å². The Labute approximate surface area is 120 Å². The Bertz CT molecular complexity index is 581. The average Bonchev–Trinajstić information content (AvgIpc) is 2.48. The van der Waals surface area contributed by atoms with E-state index in [1.165, 1.54) is 16.7 Å². The molecule has 0 amide bonds. The van der Waals surface area contributed by atoms with Crippen LogP contribution in [-0.4, -0.2) is 13.7 Å². The monoisotopic (exact) mass is 270 g/mol. The van der Waals surface area contributed by atoms with Crippen molar-refractivity contribution in [1.82, 2.24) is 0 Å². The first-order valence-corrected chi connectivity index (χ1v) is 6.82. The van der Waals surface area contributed by atoms with Crippen molar-refractivity contribution in [3.8, 4) is 5.75 Å². The van der Waals surface area contributed by atoms with Gasteiger partial charge in [0.15, 0.2) is 0 Å². The number of hydrogen-bond donors (Lipinski definition) is 2. The van der Waals surface area contributed by atoms with E-state index >= 15 is 0 Å². The normalized spacial score (nSPS) is 12.0. The zero-order valence-electron chi connectivity index (χ0n) is 12.3. The summed E-state index contributed by atoms with van der Waals surface area (Å²) in [5, 5.41) is 3.48. The average molecular weight is 270 g/mol. The molecule has 3 N–H and O–H groups in total. The molecule has 0 saturated carbocycles. The Kier molecular flexibility index (Phi) is 4.64. The summed E-state index contributed by atoms with van der Waals surface area (Å²) in [6.07, 6.45) is 0. The number of rotatable bonds is 5. The minimum atomic E-state index is 0.0991. The zero-order chi connectivity index (χ0) is 14.5. The highest BCUT2D eigenvalue weighted by Crippen LogP contribution is 2.25. The molecule has 2 aromatic rings. The van der Waals surface area contributed by atoms with Crippen molar-refractivity contribution in [2.24, 2.45) is 5.73 Å². The maximum absolute atomic E-state index is 5.95. The van der Waals surface area contributed by atoms with Crippen molar-refractivity contribution in [3.63, 3.8) is 0 Å².